The van der Waals surface area contributed by atoms with Crippen molar-refractivity contribution >= 4 is 23.4 Å². The van der Waals surface area contributed by atoms with Gasteiger partial charge in [-0.15, -0.1) is 0 Å². The van der Waals surface area contributed by atoms with Gasteiger partial charge in [0.2, 0.25) is 17.7 Å². The SMILES string of the molecule is C[C@@H](O)[C@@H]1N[C@]2(C(=O)Nc3ccccc32)[C@@H]2C(=O)N(C[C@@H]3CCCO3)C(=O)[C@H]12. The minimum atomic E-state index is -1.35. The lowest BCUT2D eigenvalue weighted by atomic mass is 9.76. The third kappa shape index (κ3) is 2.19. The molecule has 4 aliphatic rings. The van der Waals surface area contributed by atoms with Gasteiger partial charge in [0.15, 0.2) is 0 Å². The second kappa shape index (κ2) is 6.10. The molecule has 4 aliphatic heterocycles. The van der Waals surface area contributed by atoms with Crippen LogP contribution >= 0.6 is 0 Å². The topological polar surface area (TPSA) is 108 Å². The van der Waals surface area contributed by atoms with Crippen molar-refractivity contribution in [3.63, 3.8) is 0 Å². The first-order valence-corrected chi connectivity index (χ1v) is 9.78. The van der Waals surface area contributed by atoms with Gasteiger partial charge in [0, 0.05) is 23.9 Å². The lowest BCUT2D eigenvalue weighted by Crippen LogP contribution is -2.55. The fourth-order valence-corrected chi connectivity index (χ4v) is 5.33. The van der Waals surface area contributed by atoms with Crippen molar-refractivity contribution in [3.05, 3.63) is 29.8 Å². The average molecular weight is 385 g/mol. The van der Waals surface area contributed by atoms with E-state index in [0.29, 0.717) is 17.9 Å². The number of aliphatic hydroxyl groups excluding tert-OH is 1. The molecule has 3 amide bonds. The van der Waals surface area contributed by atoms with E-state index in [-0.39, 0.29) is 30.4 Å². The number of hydrogen-bond acceptors (Lipinski definition) is 6. The quantitative estimate of drug-likeness (QED) is 0.631. The maximum absolute atomic E-state index is 13.4. The highest BCUT2D eigenvalue weighted by Gasteiger charge is 2.71. The summed E-state index contributed by atoms with van der Waals surface area (Å²) in [5.41, 5.74) is -0.0675. The van der Waals surface area contributed by atoms with Crippen molar-refractivity contribution in [3.8, 4) is 0 Å². The number of para-hydroxylation sites is 1. The standard InChI is InChI=1S/C20H23N3O5/c1-10(24)16-14-15(18(26)23(17(14)25)9-11-5-4-8-28-11)20(22-16)12-6-2-3-7-13(12)21-19(20)27/h2-3,6-7,10-11,14-16,22,24H,4-5,8-9H2,1H3,(H,21,27)/t10-,11+,14+,15+,16+,20+/m1/s1. The van der Waals surface area contributed by atoms with Crippen LogP contribution in [0.25, 0.3) is 0 Å². The predicted octanol–water partition coefficient (Wildman–Crippen LogP) is -0.0332. The largest absolute Gasteiger partial charge is 0.392 e. The molecule has 1 aromatic carbocycles. The minimum Gasteiger partial charge on any atom is -0.392 e. The zero-order valence-electron chi connectivity index (χ0n) is 15.6. The van der Waals surface area contributed by atoms with Gasteiger partial charge in [-0.3, -0.25) is 24.6 Å². The Morgan fingerprint density at radius 3 is 2.79 bits per heavy atom. The Morgan fingerprint density at radius 2 is 2.07 bits per heavy atom. The molecule has 0 radical (unpaired) electrons. The van der Waals surface area contributed by atoms with Gasteiger partial charge in [0.05, 0.1) is 30.6 Å². The number of aliphatic hydroxyl groups is 1. The van der Waals surface area contributed by atoms with E-state index in [9.17, 15) is 19.5 Å². The summed E-state index contributed by atoms with van der Waals surface area (Å²) in [5.74, 6) is -2.73. The summed E-state index contributed by atoms with van der Waals surface area (Å²) in [6.07, 6.45) is 0.654. The molecule has 8 nitrogen and oxygen atoms in total. The summed E-state index contributed by atoms with van der Waals surface area (Å²) in [6.45, 7) is 2.41. The smallest absolute Gasteiger partial charge is 0.250 e. The van der Waals surface area contributed by atoms with Gasteiger partial charge in [-0.25, -0.2) is 0 Å². The van der Waals surface area contributed by atoms with Crippen molar-refractivity contribution in [1.29, 1.82) is 0 Å². The summed E-state index contributed by atoms with van der Waals surface area (Å²) >= 11 is 0. The van der Waals surface area contributed by atoms with Crippen LogP contribution in [0.5, 0.6) is 0 Å². The highest BCUT2D eigenvalue weighted by atomic mass is 16.5. The third-order valence-electron chi connectivity index (χ3n) is 6.58. The van der Waals surface area contributed by atoms with Gasteiger partial charge >= 0.3 is 0 Å². The molecule has 148 valence electrons. The molecule has 0 aromatic heterocycles. The van der Waals surface area contributed by atoms with E-state index < -0.39 is 29.5 Å². The number of carbonyl (C=O) groups excluding carboxylic acids is 3. The number of nitrogens with zero attached hydrogens (tertiary/aromatic N) is 1. The number of hydrogen-bond donors (Lipinski definition) is 3. The summed E-state index contributed by atoms with van der Waals surface area (Å²) in [4.78, 5) is 41.0. The normalized spacial score (nSPS) is 37.5. The minimum absolute atomic E-state index is 0.162. The second-order valence-corrected chi connectivity index (χ2v) is 8.14. The van der Waals surface area contributed by atoms with E-state index in [1.54, 1.807) is 25.1 Å². The molecule has 0 aliphatic carbocycles. The maximum Gasteiger partial charge on any atom is 0.250 e. The number of likely N-dealkylation sites (tertiary alicyclic amines) is 1. The van der Waals surface area contributed by atoms with Crippen LogP contribution in [0, 0.1) is 11.8 Å². The van der Waals surface area contributed by atoms with Crippen LogP contribution in [0.4, 0.5) is 5.69 Å². The molecule has 3 N–H and O–H groups in total. The first kappa shape index (κ1) is 17.8. The molecule has 28 heavy (non-hydrogen) atoms. The molecule has 3 fully saturated rings. The van der Waals surface area contributed by atoms with Crippen molar-refractivity contribution in [2.24, 2.45) is 11.8 Å². The number of nitrogens with one attached hydrogen (secondary N) is 2. The molecule has 0 bridgehead atoms. The van der Waals surface area contributed by atoms with E-state index in [1.807, 2.05) is 6.07 Å². The van der Waals surface area contributed by atoms with Crippen molar-refractivity contribution < 1.29 is 24.2 Å². The van der Waals surface area contributed by atoms with E-state index in [0.717, 1.165) is 12.8 Å². The fourth-order valence-electron chi connectivity index (χ4n) is 5.33. The number of ether oxygens (including phenoxy) is 1. The Balaban J connectivity index is 1.59. The molecule has 4 heterocycles. The molecule has 5 rings (SSSR count). The second-order valence-electron chi connectivity index (χ2n) is 8.14. The Morgan fingerprint density at radius 1 is 1.29 bits per heavy atom. The monoisotopic (exact) mass is 385 g/mol. The first-order chi connectivity index (χ1) is 13.4. The highest BCUT2D eigenvalue weighted by Crippen LogP contribution is 2.53. The van der Waals surface area contributed by atoms with E-state index in [4.69, 9.17) is 4.74 Å². The van der Waals surface area contributed by atoms with Crippen LogP contribution in [0.1, 0.15) is 25.3 Å². The van der Waals surface area contributed by atoms with Crippen molar-refractivity contribution in [1.82, 2.24) is 10.2 Å². The van der Waals surface area contributed by atoms with Crippen LogP contribution in [-0.4, -0.2) is 59.1 Å². The molecule has 3 saturated heterocycles. The molecular formula is C20H23N3O5. The number of rotatable bonds is 3. The van der Waals surface area contributed by atoms with E-state index in [1.165, 1.54) is 4.90 Å². The lowest BCUT2D eigenvalue weighted by molar-refractivity contribution is -0.144. The summed E-state index contributed by atoms with van der Waals surface area (Å²) in [6, 6.07) is 6.50. The van der Waals surface area contributed by atoms with Crippen LogP contribution in [0.2, 0.25) is 0 Å². The molecule has 0 saturated carbocycles. The zero-order chi connectivity index (χ0) is 19.6. The summed E-state index contributed by atoms with van der Waals surface area (Å²) in [7, 11) is 0. The van der Waals surface area contributed by atoms with Crippen LogP contribution in [-0.2, 0) is 24.7 Å². The number of fused-ring (bicyclic) bond motifs is 4. The third-order valence-corrected chi connectivity index (χ3v) is 6.58. The van der Waals surface area contributed by atoms with E-state index in [2.05, 4.69) is 10.6 Å². The predicted molar refractivity (Wildman–Crippen MR) is 98.0 cm³/mol. The zero-order valence-corrected chi connectivity index (χ0v) is 15.6. The number of amides is 3. The van der Waals surface area contributed by atoms with Crippen LogP contribution < -0.4 is 10.6 Å². The van der Waals surface area contributed by atoms with Gasteiger partial charge in [-0.1, -0.05) is 18.2 Å². The molecule has 0 unspecified atom stereocenters. The summed E-state index contributed by atoms with van der Waals surface area (Å²) < 4.78 is 5.61. The maximum atomic E-state index is 13.4. The van der Waals surface area contributed by atoms with E-state index >= 15 is 0 Å². The average Bonchev–Trinajstić information content (AvgIpc) is 3.41. The van der Waals surface area contributed by atoms with Gasteiger partial charge < -0.3 is 15.2 Å². The Kier molecular flexibility index (Phi) is 3.88. The summed E-state index contributed by atoms with van der Waals surface area (Å²) in [5, 5.41) is 16.4. The molecular weight excluding hydrogens is 362 g/mol. The van der Waals surface area contributed by atoms with Crippen molar-refractivity contribution in [2.45, 2.75) is 43.6 Å². The van der Waals surface area contributed by atoms with Gasteiger partial charge in [0.25, 0.3) is 0 Å². The van der Waals surface area contributed by atoms with Gasteiger partial charge in [-0.05, 0) is 25.8 Å². The van der Waals surface area contributed by atoms with Gasteiger partial charge in [0.1, 0.15) is 5.54 Å². The van der Waals surface area contributed by atoms with Crippen molar-refractivity contribution in [2.75, 3.05) is 18.5 Å². The molecule has 1 aromatic rings. The number of anilines is 1. The number of imide groups is 1. The first-order valence-electron chi connectivity index (χ1n) is 9.78. The number of benzene rings is 1. The fraction of sp³-hybridized carbons (Fsp3) is 0.550. The molecule has 8 heteroatoms. The lowest BCUT2D eigenvalue weighted by Gasteiger charge is -2.30. The Bertz CT molecular complexity index is 865. The molecule has 6 atom stereocenters. The van der Waals surface area contributed by atoms with Gasteiger partial charge in [-0.2, -0.15) is 0 Å². The highest BCUT2D eigenvalue weighted by molar-refractivity contribution is 6.15. The van der Waals surface area contributed by atoms with Crippen LogP contribution in [0.15, 0.2) is 24.3 Å². The van der Waals surface area contributed by atoms with Crippen LogP contribution in [0.3, 0.4) is 0 Å². The molecule has 1 spiro atoms. The Hall–Kier alpha value is -2.29. The Labute approximate surface area is 162 Å². The number of carbonyl (C=O) groups is 3.